The van der Waals surface area contributed by atoms with Crippen LogP contribution in [0, 0.1) is 5.92 Å². The predicted molar refractivity (Wildman–Crippen MR) is 63.4 cm³/mol. The average molecular weight is 272 g/mol. The summed E-state index contributed by atoms with van der Waals surface area (Å²) in [6, 6.07) is 5.56. The number of methoxy groups -OCH3 is 1. The van der Waals surface area contributed by atoms with Gasteiger partial charge < -0.3 is 10.5 Å². The van der Waals surface area contributed by atoms with Crippen LogP contribution in [-0.4, -0.2) is 13.1 Å². The molecule has 0 aromatic heterocycles. The lowest BCUT2D eigenvalue weighted by atomic mass is 10.0. The molecule has 82 valence electrons. The van der Waals surface area contributed by atoms with Crippen molar-refractivity contribution in [1.29, 1.82) is 0 Å². The molecule has 0 amide bonds. The predicted octanol–water partition coefficient (Wildman–Crippen LogP) is 2.38. The molecule has 0 spiro atoms. The second-order valence-electron chi connectivity index (χ2n) is 3.48. The molecule has 0 aliphatic rings. The van der Waals surface area contributed by atoms with Crippen LogP contribution in [0.5, 0.6) is 0 Å². The van der Waals surface area contributed by atoms with Gasteiger partial charge in [0.05, 0.1) is 13.0 Å². The molecule has 0 fully saturated rings. The van der Waals surface area contributed by atoms with Crippen LogP contribution in [0.25, 0.3) is 0 Å². The second kappa shape index (κ2) is 5.16. The van der Waals surface area contributed by atoms with E-state index in [1.165, 1.54) is 7.11 Å². The lowest BCUT2D eigenvalue weighted by Crippen LogP contribution is -2.15. The third kappa shape index (κ3) is 3.23. The number of rotatable bonds is 3. The molecular weight excluding hydrogens is 258 g/mol. The Morgan fingerprint density at radius 1 is 1.60 bits per heavy atom. The summed E-state index contributed by atoms with van der Waals surface area (Å²) in [6.07, 6.45) is 0.623. The first-order valence-corrected chi connectivity index (χ1v) is 5.45. The summed E-state index contributed by atoms with van der Waals surface area (Å²) in [5.74, 6) is -0.363. The van der Waals surface area contributed by atoms with Gasteiger partial charge in [0.25, 0.3) is 0 Å². The van der Waals surface area contributed by atoms with Crippen LogP contribution in [0.3, 0.4) is 0 Å². The molecule has 0 aliphatic heterocycles. The largest absolute Gasteiger partial charge is 0.469 e. The zero-order valence-electron chi connectivity index (χ0n) is 8.79. The van der Waals surface area contributed by atoms with Gasteiger partial charge in [0, 0.05) is 10.2 Å². The van der Waals surface area contributed by atoms with Crippen molar-refractivity contribution in [3.8, 4) is 0 Å². The summed E-state index contributed by atoms with van der Waals surface area (Å²) in [4.78, 5) is 11.2. The number of carbonyl (C=O) groups is 1. The van der Waals surface area contributed by atoms with Gasteiger partial charge in [-0.1, -0.05) is 22.9 Å². The summed E-state index contributed by atoms with van der Waals surface area (Å²) >= 11 is 3.42. The SMILES string of the molecule is COC(=O)C(C)Cc1cc(N)ccc1Br. The maximum Gasteiger partial charge on any atom is 0.308 e. The average Bonchev–Trinajstić information content (AvgIpc) is 2.22. The molecule has 0 radical (unpaired) electrons. The lowest BCUT2D eigenvalue weighted by Gasteiger charge is -2.10. The van der Waals surface area contributed by atoms with Gasteiger partial charge in [-0.3, -0.25) is 4.79 Å². The van der Waals surface area contributed by atoms with Crippen molar-refractivity contribution in [1.82, 2.24) is 0 Å². The van der Waals surface area contributed by atoms with Gasteiger partial charge in [0.2, 0.25) is 0 Å². The van der Waals surface area contributed by atoms with Gasteiger partial charge in [-0.15, -0.1) is 0 Å². The minimum Gasteiger partial charge on any atom is -0.469 e. The Bertz CT molecular complexity index is 366. The van der Waals surface area contributed by atoms with Crippen LogP contribution in [0.15, 0.2) is 22.7 Å². The number of hydrogen-bond donors (Lipinski definition) is 1. The van der Waals surface area contributed by atoms with E-state index in [1.54, 1.807) is 0 Å². The maximum absolute atomic E-state index is 11.2. The standard InChI is InChI=1S/C11H14BrNO2/c1-7(11(14)15-2)5-8-6-9(13)3-4-10(8)12/h3-4,6-7H,5,13H2,1-2H3. The molecule has 0 saturated heterocycles. The zero-order chi connectivity index (χ0) is 11.4. The fourth-order valence-corrected chi connectivity index (χ4v) is 1.77. The summed E-state index contributed by atoms with van der Waals surface area (Å²) in [7, 11) is 1.40. The Balaban J connectivity index is 2.80. The van der Waals surface area contributed by atoms with Crippen molar-refractivity contribution >= 4 is 27.6 Å². The fourth-order valence-electron chi connectivity index (χ4n) is 1.37. The number of halogens is 1. The van der Waals surface area contributed by atoms with E-state index in [1.807, 2.05) is 25.1 Å². The van der Waals surface area contributed by atoms with Crippen molar-refractivity contribution in [2.75, 3.05) is 12.8 Å². The van der Waals surface area contributed by atoms with E-state index in [0.717, 1.165) is 10.0 Å². The van der Waals surface area contributed by atoms with Crippen LogP contribution >= 0.6 is 15.9 Å². The Labute approximate surface area is 97.7 Å². The smallest absolute Gasteiger partial charge is 0.308 e. The van der Waals surface area contributed by atoms with Crippen LogP contribution in [0.2, 0.25) is 0 Å². The van der Waals surface area contributed by atoms with E-state index in [9.17, 15) is 4.79 Å². The van der Waals surface area contributed by atoms with Crippen LogP contribution in [-0.2, 0) is 16.0 Å². The summed E-state index contributed by atoms with van der Waals surface area (Å²) in [5, 5.41) is 0. The number of nitrogens with two attached hydrogens (primary N) is 1. The van der Waals surface area contributed by atoms with E-state index in [0.29, 0.717) is 12.1 Å². The molecule has 4 heteroatoms. The number of ether oxygens (including phenoxy) is 1. The van der Waals surface area contributed by atoms with Gasteiger partial charge in [-0.2, -0.15) is 0 Å². The third-order valence-electron chi connectivity index (χ3n) is 2.20. The van der Waals surface area contributed by atoms with Crippen LogP contribution in [0.1, 0.15) is 12.5 Å². The first kappa shape index (κ1) is 12.0. The molecule has 3 nitrogen and oxygen atoms in total. The normalized spacial score (nSPS) is 12.2. The molecule has 0 heterocycles. The molecule has 1 aromatic carbocycles. The zero-order valence-corrected chi connectivity index (χ0v) is 10.4. The van der Waals surface area contributed by atoms with Crippen LogP contribution < -0.4 is 5.73 Å². The number of nitrogen functional groups attached to an aromatic ring is 1. The first-order chi connectivity index (χ1) is 7.04. The summed E-state index contributed by atoms with van der Waals surface area (Å²) < 4.78 is 5.63. The van der Waals surface area contributed by atoms with E-state index >= 15 is 0 Å². The Hall–Kier alpha value is -1.03. The number of benzene rings is 1. The molecule has 1 unspecified atom stereocenters. The molecule has 0 saturated carbocycles. The van der Waals surface area contributed by atoms with Gasteiger partial charge >= 0.3 is 5.97 Å². The topological polar surface area (TPSA) is 52.3 Å². The number of anilines is 1. The summed E-state index contributed by atoms with van der Waals surface area (Å²) in [6.45, 7) is 1.83. The number of hydrogen-bond acceptors (Lipinski definition) is 3. The molecule has 15 heavy (non-hydrogen) atoms. The highest BCUT2D eigenvalue weighted by Gasteiger charge is 2.15. The van der Waals surface area contributed by atoms with Gasteiger partial charge in [-0.05, 0) is 30.2 Å². The highest BCUT2D eigenvalue weighted by atomic mass is 79.9. The molecule has 1 aromatic rings. The van der Waals surface area contributed by atoms with Crippen LogP contribution in [0.4, 0.5) is 5.69 Å². The van der Waals surface area contributed by atoms with Gasteiger partial charge in [0.1, 0.15) is 0 Å². The Morgan fingerprint density at radius 3 is 2.87 bits per heavy atom. The second-order valence-corrected chi connectivity index (χ2v) is 4.33. The van der Waals surface area contributed by atoms with Crippen molar-refractivity contribution < 1.29 is 9.53 Å². The molecule has 1 atom stereocenters. The highest BCUT2D eigenvalue weighted by molar-refractivity contribution is 9.10. The van der Waals surface area contributed by atoms with E-state index in [4.69, 9.17) is 5.73 Å². The lowest BCUT2D eigenvalue weighted by molar-refractivity contribution is -0.144. The molecular formula is C11H14BrNO2. The van der Waals surface area contributed by atoms with E-state index in [2.05, 4.69) is 20.7 Å². The van der Waals surface area contributed by atoms with E-state index < -0.39 is 0 Å². The fraction of sp³-hybridized carbons (Fsp3) is 0.364. The third-order valence-corrected chi connectivity index (χ3v) is 2.97. The molecule has 0 aliphatic carbocycles. The van der Waals surface area contributed by atoms with Gasteiger partial charge in [0.15, 0.2) is 0 Å². The summed E-state index contributed by atoms with van der Waals surface area (Å²) in [5.41, 5.74) is 7.40. The number of esters is 1. The van der Waals surface area contributed by atoms with Crippen molar-refractivity contribution in [2.45, 2.75) is 13.3 Å². The highest BCUT2D eigenvalue weighted by Crippen LogP contribution is 2.22. The Morgan fingerprint density at radius 2 is 2.27 bits per heavy atom. The Kier molecular flexibility index (Phi) is 4.15. The molecule has 1 rings (SSSR count). The van der Waals surface area contributed by atoms with Crippen molar-refractivity contribution in [3.63, 3.8) is 0 Å². The maximum atomic E-state index is 11.2. The minimum absolute atomic E-state index is 0.159. The van der Waals surface area contributed by atoms with Crippen molar-refractivity contribution in [2.24, 2.45) is 5.92 Å². The number of carbonyl (C=O) groups excluding carboxylic acids is 1. The van der Waals surface area contributed by atoms with Crippen molar-refractivity contribution in [3.05, 3.63) is 28.2 Å². The quantitative estimate of drug-likeness (QED) is 0.679. The molecule has 2 N–H and O–H groups in total. The first-order valence-electron chi connectivity index (χ1n) is 4.66. The minimum atomic E-state index is -0.204. The molecule has 0 bridgehead atoms. The van der Waals surface area contributed by atoms with Gasteiger partial charge in [-0.25, -0.2) is 0 Å². The monoisotopic (exact) mass is 271 g/mol. The van der Waals surface area contributed by atoms with E-state index in [-0.39, 0.29) is 11.9 Å².